The van der Waals surface area contributed by atoms with E-state index in [4.69, 9.17) is 9.73 Å². The number of ether oxygens (including phenoxy) is 1. The standard InChI is InChI=1S/C20H33F3N6O.HI/c1-3-24-19(29-10-11-30-18(14-29)17-12-26-27(2)13-17)25-7-4-16-5-8-28(9-6-16)15-20(21,22)23;/h12-13,16,18H,3-11,14-15H2,1-2H3,(H,24,25);1H. The van der Waals surface area contributed by atoms with E-state index in [0.717, 1.165) is 43.9 Å². The van der Waals surface area contributed by atoms with Crippen molar-refractivity contribution in [3.8, 4) is 0 Å². The maximum atomic E-state index is 12.5. The normalized spacial score (nSPS) is 21.8. The Bertz CT molecular complexity index is 691. The molecule has 1 atom stereocenters. The summed E-state index contributed by atoms with van der Waals surface area (Å²) in [6.07, 6.45) is 2.20. The molecule has 1 N–H and O–H groups in total. The quantitative estimate of drug-likeness (QED) is 0.331. The van der Waals surface area contributed by atoms with Gasteiger partial charge in [-0.1, -0.05) is 0 Å². The van der Waals surface area contributed by atoms with Crippen LogP contribution in [0.2, 0.25) is 0 Å². The van der Waals surface area contributed by atoms with E-state index in [9.17, 15) is 13.2 Å². The van der Waals surface area contributed by atoms with Crippen LogP contribution in [0.5, 0.6) is 0 Å². The Morgan fingerprint density at radius 1 is 1.29 bits per heavy atom. The molecule has 0 saturated carbocycles. The number of halogens is 4. The molecule has 0 aromatic carbocycles. The van der Waals surface area contributed by atoms with Gasteiger partial charge in [-0.15, -0.1) is 24.0 Å². The number of hydrogen-bond donors (Lipinski definition) is 1. The van der Waals surface area contributed by atoms with Gasteiger partial charge >= 0.3 is 6.18 Å². The molecule has 2 aliphatic rings. The Morgan fingerprint density at radius 2 is 2.03 bits per heavy atom. The highest BCUT2D eigenvalue weighted by atomic mass is 127. The van der Waals surface area contributed by atoms with E-state index in [2.05, 4.69) is 15.3 Å². The lowest BCUT2D eigenvalue weighted by molar-refractivity contribution is -0.148. The minimum absolute atomic E-state index is 0. The van der Waals surface area contributed by atoms with Crippen molar-refractivity contribution in [2.45, 2.75) is 38.5 Å². The number of hydrogen-bond acceptors (Lipinski definition) is 4. The van der Waals surface area contributed by atoms with E-state index in [1.165, 1.54) is 4.90 Å². The molecule has 0 radical (unpaired) electrons. The van der Waals surface area contributed by atoms with Gasteiger partial charge in [-0.05, 0) is 45.2 Å². The zero-order valence-corrected chi connectivity index (χ0v) is 20.6. The van der Waals surface area contributed by atoms with Crippen LogP contribution in [-0.2, 0) is 11.8 Å². The van der Waals surface area contributed by atoms with E-state index >= 15 is 0 Å². The zero-order valence-electron chi connectivity index (χ0n) is 18.3. The summed E-state index contributed by atoms with van der Waals surface area (Å²) >= 11 is 0. The monoisotopic (exact) mass is 558 g/mol. The molecule has 7 nitrogen and oxygen atoms in total. The lowest BCUT2D eigenvalue weighted by Gasteiger charge is -2.35. The summed E-state index contributed by atoms with van der Waals surface area (Å²) in [7, 11) is 1.89. The minimum atomic E-state index is -4.11. The molecule has 0 bridgehead atoms. The van der Waals surface area contributed by atoms with Crippen LogP contribution in [0.3, 0.4) is 0 Å². The van der Waals surface area contributed by atoms with Gasteiger partial charge in [0.1, 0.15) is 6.10 Å². The summed E-state index contributed by atoms with van der Waals surface area (Å²) in [4.78, 5) is 8.53. The number of nitrogens with zero attached hydrogens (tertiary/aromatic N) is 5. The number of rotatable bonds is 6. The van der Waals surface area contributed by atoms with Crippen LogP contribution in [0.1, 0.15) is 37.9 Å². The van der Waals surface area contributed by atoms with Gasteiger partial charge in [0.25, 0.3) is 0 Å². The van der Waals surface area contributed by atoms with Gasteiger partial charge in [-0.3, -0.25) is 14.6 Å². The third-order valence-corrected chi connectivity index (χ3v) is 5.71. The van der Waals surface area contributed by atoms with Crippen LogP contribution in [0, 0.1) is 5.92 Å². The third-order valence-electron chi connectivity index (χ3n) is 5.71. The number of alkyl halides is 3. The minimum Gasteiger partial charge on any atom is -0.370 e. The van der Waals surface area contributed by atoms with Crippen molar-refractivity contribution in [3.63, 3.8) is 0 Å². The van der Waals surface area contributed by atoms with Gasteiger partial charge in [-0.25, -0.2) is 0 Å². The predicted octanol–water partition coefficient (Wildman–Crippen LogP) is 3.04. The number of guanidine groups is 1. The molecule has 0 aliphatic carbocycles. The molecular formula is C20H34F3IN6O. The molecule has 2 aliphatic heterocycles. The first-order valence-electron chi connectivity index (χ1n) is 10.8. The fourth-order valence-corrected chi connectivity index (χ4v) is 4.12. The van der Waals surface area contributed by atoms with Gasteiger partial charge in [0.15, 0.2) is 5.96 Å². The molecule has 1 aromatic heterocycles. The second-order valence-corrected chi connectivity index (χ2v) is 8.11. The predicted molar refractivity (Wildman–Crippen MR) is 125 cm³/mol. The average molecular weight is 558 g/mol. The Hall–Kier alpha value is -1.08. The van der Waals surface area contributed by atoms with Crippen LogP contribution in [0.4, 0.5) is 13.2 Å². The molecule has 3 heterocycles. The highest BCUT2D eigenvalue weighted by Gasteiger charge is 2.32. The molecule has 2 fully saturated rings. The lowest BCUT2D eigenvalue weighted by Crippen LogP contribution is -2.48. The number of morpholine rings is 1. The van der Waals surface area contributed by atoms with Crippen molar-refractivity contribution >= 4 is 29.9 Å². The molecule has 31 heavy (non-hydrogen) atoms. The summed E-state index contributed by atoms with van der Waals surface area (Å²) in [5.41, 5.74) is 1.06. The molecule has 1 aromatic rings. The van der Waals surface area contributed by atoms with E-state index in [1.54, 1.807) is 4.68 Å². The molecule has 0 amide bonds. The first-order chi connectivity index (χ1) is 14.3. The lowest BCUT2D eigenvalue weighted by atomic mass is 9.93. The SMILES string of the molecule is CCNC(=NCCC1CCN(CC(F)(F)F)CC1)N1CCOC(c2cnn(C)c2)C1.I. The summed E-state index contributed by atoms with van der Waals surface area (Å²) in [6.45, 7) is 5.87. The van der Waals surface area contributed by atoms with Gasteiger partial charge in [0.2, 0.25) is 0 Å². The molecular weight excluding hydrogens is 524 g/mol. The smallest absolute Gasteiger partial charge is 0.370 e. The van der Waals surface area contributed by atoms with E-state index in [1.807, 2.05) is 26.4 Å². The second-order valence-electron chi connectivity index (χ2n) is 8.11. The molecule has 2 saturated heterocycles. The Morgan fingerprint density at radius 3 is 2.65 bits per heavy atom. The number of aryl methyl sites for hydroxylation is 1. The van der Waals surface area contributed by atoms with Gasteiger partial charge in [0, 0.05) is 38.4 Å². The molecule has 1 unspecified atom stereocenters. The number of likely N-dealkylation sites (tertiary alicyclic amines) is 1. The van der Waals surface area contributed by atoms with Crippen LogP contribution >= 0.6 is 24.0 Å². The molecule has 3 rings (SSSR count). The van der Waals surface area contributed by atoms with E-state index in [0.29, 0.717) is 38.7 Å². The summed E-state index contributed by atoms with van der Waals surface area (Å²) in [5.74, 6) is 1.32. The number of aliphatic imine (C=N–C) groups is 1. The fourth-order valence-electron chi connectivity index (χ4n) is 4.12. The van der Waals surface area contributed by atoms with Crippen molar-refractivity contribution in [1.82, 2.24) is 24.9 Å². The van der Waals surface area contributed by atoms with Crippen LogP contribution in [-0.4, -0.2) is 84.1 Å². The Labute approximate surface area is 199 Å². The van der Waals surface area contributed by atoms with Crippen LogP contribution in [0.25, 0.3) is 0 Å². The topological polar surface area (TPSA) is 57.9 Å². The number of aromatic nitrogens is 2. The van der Waals surface area contributed by atoms with Gasteiger partial charge in [0.05, 0.1) is 25.9 Å². The van der Waals surface area contributed by atoms with Crippen molar-refractivity contribution in [2.24, 2.45) is 18.0 Å². The highest BCUT2D eigenvalue weighted by molar-refractivity contribution is 14.0. The van der Waals surface area contributed by atoms with E-state index < -0.39 is 12.7 Å². The largest absolute Gasteiger partial charge is 0.401 e. The summed E-state index contributed by atoms with van der Waals surface area (Å²) in [6, 6.07) is 0. The maximum absolute atomic E-state index is 12.5. The average Bonchev–Trinajstić information content (AvgIpc) is 3.14. The van der Waals surface area contributed by atoms with Crippen LogP contribution < -0.4 is 5.32 Å². The van der Waals surface area contributed by atoms with Crippen molar-refractivity contribution in [2.75, 3.05) is 52.4 Å². The third kappa shape index (κ3) is 8.41. The first-order valence-corrected chi connectivity index (χ1v) is 10.8. The molecule has 11 heteroatoms. The Kier molecular flexibility index (Phi) is 10.3. The Balaban J connectivity index is 0.00000341. The highest BCUT2D eigenvalue weighted by Crippen LogP contribution is 2.25. The van der Waals surface area contributed by atoms with Crippen molar-refractivity contribution in [3.05, 3.63) is 18.0 Å². The van der Waals surface area contributed by atoms with Crippen molar-refractivity contribution < 1.29 is 17.9 Å². The second kappa shape index (κ2) is 12.2. The van der Waals surface area contributed by atoms with Crippen molar-refractivity contribution in [1.29, 1.82) is 0 Å². The van der Waals surface area contributed by atoms with E-state index in [-0.39, 0.29) is 30.1 Å². The van der Waals surface area contributed by atoms with Gasteiger partial charge in [-0.2, -0.15) is 18.3 Å². The summed E-state index contributed by atoms with van der Waals surface area (Å²) in [5, 5.41) is 7.60. The molecule has 0 spiro atoms. The first kappa shape index (κ1) is 26.2. The zero-order chi connectivity index (χ0) is 21.6. The van der Waals surface area contributed by atoms with Gasteiger partial charge < -0.3 is 15.0 Å². The number of piperidine rings is 1. The van der Waals surface area contributed by atoms with Crippen LogP contribution in [0.15, 0.2) is 17.4 Å². The fraction of sp³-hybridized carbons (Fsp3) is 0.800. The summed E-state index contributed by atoms with van der Waals surface area (Å²) < 4.78 is 45.3. The molecule has 178 valence electrons. The number of nitrogens with one attached hydrogen (secondary N) is 1. The maximum Gasteiger partial charge on any atom is 0.401 e.